The second kappa shape index (κ2) is 11.1. The van der Waals surface area contributed by atoms with E-state index < -0.39 is 18.2 Å². The summed E-state index contributed by atoms with van der Waals surface area (Å²) in [7, 11) is 0. The minimum Gasteiger partial charge on any atom is -0.421 e. The fraction of sp³-hybridized carbons (Fsp3) is 0.333. The Balaban J connectivity index is 2.39. The average Bonchev–Trinajstić information content (AvgIpc) is 2.66. The summed E-state index contributed by atoms with van der Waals surface area (Å²) in [4.78, 5) is 23.2. The van der Waals surface area contributed by atoms with Gasteiger partial charge >= 0.3 is 11.9 Å². The first-order valence-electron chi connectivity index (χ1n) is 9.65. The Kier molecular flexibility index (Phi) is 8.47. The van der Waals surface area contributed by atoms with E-state index in [0.717, 1.165) is 30.4 Å². The highest BCUT2D eigenvalue weighted by Gasteiger charge is 2.21. The van der Waals surface area contributed by atoms with E-state index in [9.17, 15) is 9.59 Å². The van der Waals surface area contributed by atoms with Crippen molar-refractivity contribution in [1.29, 1.82) is 0 Å². The second-order valence-corrected chi connectivity index (χ2v) is 6.78. The Hall–Kier alpha value is -2.88. The number of carbonyl (C=O) groups is 2. The van der Waals surface area contributed by atoms with Gasteiger partial charge < -0.3 is 9.47 Å². The number of aryl methyl sites for hydroxylation is 1. The molecular formula is C24H28O4. The second-order valence-electron chi connectivity index (χ2n) is 6.78. The van der Waals surface area contributed by atoms with E-state index in [4.69, 9.17) is 9.47 Å². The van der Waals surface area contributed by atoms with Crippen LogP contribution in [0, 0.1) is 0 Å². The quantitative estimate of drug-likeness (QED) is 0.448. The Bertz CT molecular complexity index is 792. The van der Waals surface area contributed by atoms with Crippen LogP contribution < -0.4 is 0 Å². The molecule has 2 aromatic carbocycles. The standard InChI is InChI=1S/C24H28O4/c1-4-5-10-20-13-9-14-22(15-20)17-23(16-21-11-7-6-8-12-21)24(27-18(2)25)28-19(3)26/h6-9,11-15,17,24H,4-5,10,16H2,1-3H3. The number of benzene rings is 2. The van der Waals surface area contributed by atoms with Gasteiger partial charge in [-0.1, -0.05) is 67.9 Å². The minimum atomic E-state index is -1.05. The van der Waals surface area contributed by atoms with Crippen LogP contribution in [0.3, 0.4) is 0 Å². The molecule has 0 aliphatic rings. The average molecular weight is 380 g/mol. The molecule has 0 N–H and O–H groups in total. The molecule has 2 rings (SSSR count). The van der Waals surface area contributed by atoms with Crippen LogP contribution in [0.4, 0.5) is 0 Å². The first kappa shape index (κ1) is 21.4. The number of ether oxygens (including phenoxy) is 2. The van der Waals surface area contributed by atoms with Crippen LogP contribution in [0.25, 0.3) is 6.08 Å². The van der Waals surface area contributed by atoms with Gasteiger partial charge in [0.25, 0.3) is 6.29 Å². The summed E-state index contributed by atoms with van der Waals surface area (Å²) in [5.41, 5.74) is 4.00. The van der Waals surface area contributed by atoms with Gasteiger partial charge in [-0.05, 0) is 35.6 Å². The topological polar surface area (TPSA) is 52.6 Å². The van der Waals surface area contributed by atoms with Crippen LogP contribution in [0.2, 0.25) is 0 Å². The summed E-state index contributed by atoms with van der Waals surface area (Å²) >= 11 is 0. The molecule has 0 amide bonds. The van der Waals surface area contributed by atoms with E-state index in [0.29, 0.717) is 12.0 Å². The SMILES string of the molecule is CCCCc1cccc(C=C(Cc2ccccc2)C(OC(C)=O)OC(C)=O)c1. The van der Waals surface area contributed by atoms with Gasteiger partial charge in [-0.2, -0.15) is 0 Å². The normalized spacial score (nSPS) is 11.4. The number of unbranched alkanes of at least 4 members (excludes halogenated alkanes) is 1. The Morgan fingerprint density at radius 2 is 1.57 bits per heavy atom. The highest BCUT2D eigenvalue weighted by Crippen LogP contribution is 2.21. The van der Waals surface area contributed by atoms with Crippen molar-refractivity contribution in [2.45, 2.75) is 52.7 Å². The Morgan fingerprint density at radius 1 is 0.929 bits per heavy atom. The molecule has 0 aliphatic heterocycles. The summed E-state index contributed by atoms with van der Waals surface area (Å²) in [5, 5.41) is 0. The lowest BCUT2D eigenvalue weighted by molar-refractivity contribution is -0.178. The smallest absolute Gasteiger partial charge is 0.305 e. The van der Waals surface area contributed by atoms with Crippen LogP contribution in [0.1, 0.15) is 50.3 Å². The van der Waals surface area contributed by atoms with Crippen LogP contribution in [-0.4, -0.2) is 18.2 Å². The highest BCUT2D eigenvalue weighted by atomic mass is 16.7. The van der Waals surface area contributed by atoms with E-state index in [-0.39, 0.29) is 0 Å². The van der Waals surface area contributed by atoms with E-state index in [1.54, 1.807) is 0 Å². The van der Waals surface area contributed by atoms with Gasteiger partial charge in [-0.25, -0.2) is 0 Å². The number of hydrogen-bond donors (Lipinski definition) is 0. The van der Waals surface area contributed by atoms with Crippen LogP contribution in [0.15, 0.2) is 60.2 Å². The van der Waals surface area contributed by atoms with Crippen molar-refractivity contribution in [2.24, 2.45) is 0 Å². The lowest BCUT2D eigenvalue weighted by atomic mass is 10.00. The van der Waals surface area contributed by atoms with Crippen molar-refractivity contribution < 1.29 is 19.1 Å². The molecule has 4 nitrogen and oxygen atoms in total. The summed E-state index contributed by atoms with van der Waals surface area (Å²) in [6.45, 7) is 4.79. The lowest BCUT2D eigenvalue weighted by Gasteiger charge is -2.20. The maximum absolute atomic E-state index is 11.6. The number of esters is 2. The maximum Gasteiger partial charge on any atom is 0.305 e. The highest BCUT2D eigenvalue weighted by molar-refractivity contribution is 5.69. The number of carbonyl (C=O) groups excluding carboxylic acids is 2. The van der Waals surface area contributed by atoms with Crippen LogP contribution in [-0.2, 0) is 31.9 Å². The molecule has 4 heteroatoms. The molecule has 0 fully saturated rings. The van der Waals surface area contributed by atoms with Crippen molar-refractivity contribution in [3.63, 3.8) is 0 Å². The molecule has 0 aliphatic carbocycles. The maximum atomic E-state index is 11.6. The number of rotatable bonds is 9. The zero-order valence-corrected chi connectivity index (χ0v) is 16.8. The van der Waals surface area contributed by atoms with E-state index in [1.807, 2.05) is 48.5 Å². The third-order valence-electron chi connectivity index (χ3n) is 4.22. The Labute approximate surface area is 167 Å². The van der Waals surface area contributed by atoms with Gasteiger partial charge in [-0.15, -0.1) is 0 Å². The monoisotopic (exact) mass is 380 g/mol. The predicted octanol–water partition coefficient (Wildman–Crippen LogP) is 5.11. The molecule has 0 radical (unpaired) electrons. The van der Waals surface area contributed by atoms with Crippen molar-refractivity contribution >= 4 is 18.0 Å². The molecule has 2 aromatic rings. The van der Waals surface area contributed by atoms with Crippen molar-refractivity contribution in [1.82, 2.24) is 0 Å². The first-order valence-corrected chi connectivity index (χ1v) is 9.65. The van der Waals surface area contributed by atoms with Gasteiger partial charge in [0.15, 0.2) is 0 Å². The van der Waals surface area contributed by atoms with E-state index in [2.05, 4.69) is 19.1 Å². The molecule has 0 saturated heterocycles. The van der Waals surface area contributed by atoms with Gasteiger partial charge in [0.2, 0.25) is 0 Å². The van der Waals surface area contributed by atoms with Crippen molar-refractivity contribution in [2.75, 3.05) is 0 Å². The fourth-order valence-corrected chi connectivity index (χ4v) is 2.94. The fourth-order valence-electron chi connectivity index (χ4n) is 2.94. The van der Waals surface area contributed by atoms with Gasteiger partial charge in [0.05, 0.1) is 0 Å². The summed E-state index contributed by atoms with van der Waals surface area (Å²) in [5.74, 6) is -0.996. The molecule has 0 atom stereocenters. The molecule has 148 valence electrons. The molecule has 0 saturated carbocycles. The van der Waals surface area contributed by atoms with Crippen molar-refractivity contribution in [3.05, 3.63) is 76.9 Å². The zero-order valence-electron chi connectivity index (χ0n) is 16.8. The predicted molar refractivity (Wildman–Crippen MR) is 110 cm³/mol. The first-order chi connectivity index (χ1) is 13.5. The molecule has 0 unspecified atom stereocenters. The largest absolute Gasteiger partial charge is 0.421 e. The van der Waals surface area contributed by atoms with Crippen molar-refractivity contribution in [3.8, 4) is 0 Å². The third-order valence-corrected chi connectivity index (χ3v) is 4.22. The van der Waals surface area contributed by atoms with Crippen LogP contribution >= 0.6 is 0 Å². The van der Waals surface area contributed by atoms with E-state index in [1.165, 1.54) is 19.4 Å². The zero-order chi connectivity index (χ0) is 20.4. The Morgan fingerprint density at radius 3 is 2.18 bits per heavy atom. The van der Waals surface area contributed by atoms with E-state index >= 15 is 0 Å². The number of hydrogen-bond acceptors (Lipinski definition) is 4. The summed E-state index contributed by atoms with van der Waals surface area (Å²) < 4.78 is 10.6. The minimum absolute atomic E-state index is 0.498. The molecule has 28 heavy (non-hydrogen) atoms. The molecule has 0 spiro atoms. The van der Waals surface area contributed by atoms with Gasteiger partial charge in [0, 0.05) is 25.8 Å². The van der Waals surface area contributed by atoms with Crippen LogP contribution in [0.5, 0.6) is 0 Å². The molecule has 0 aromatic heterocycles. The third kappa shape index (κ3) is 7.39. The molecular weight excluding hydrogens is 352 g/mol. The lowest BCUT2D eigenvalue weighted by Crippen LogP contribution is -2.25. The molecule has 0 bridgehead atoms. The van der Waals surface area contributed by atoms with Gasteiger partial charge in [0.1, 0.15) is 0 Å². The molecule has 0 heterocycles. The summed E-state index contributed by atoms with van der Waals surface area (Å²) in [6.07, 6.45) is 4.69. The van der Waals surface area contributed by atoms with Gasteiger partial charge in [-0.3, -0.25) is 9.59 Å². The summed E-state index contributed by atoms with van der Waals surface area (Å²) in [6, 6.07) is 18.1.